The zero-order valence-electron chi connectivity index (χ0n) is 10.8. The molecule has 0 heterocycles. The quantitative estimate of drug-likeness (QED) is 0.814. The van der Waals surface area contributed by atoms with E-state index in [1.807, 2.05) is 6.07 Å². The largest absolute Gasteiger partial charge is 0.341 e. The van der Waals surface area contributed by atoms with Gasteiger partial charge in [0.05, 0.1) is 6.07 Å². The van der Waals surface area contributed by atoms with Crippen molar-refractivity contribution in [2.45, 2.75) is 38.6 Å². The Morgan fingerprint density at radius 3 is 2.94 bits per heavy atom. The molecule has 1 amide bonds. The van der Waals surface area contributed by atoms with Crippen LogP contribution < -0.4 is 0 Å². The fourth-order valence-electron chi connectivity index (χ4n) is 2.44. The van der Waals surface area contributed by atoms with Crippen LogP contribution in [-0.2, 0) is 24.2 Å². The first-order valence-corrected chi connectivity index (χ1v) is 6.42. The topological polar surface area (TPSA) is 44.1 Å². The summed E-state index contributed by atoms with van der Waals surface area (Å²) in [7, 11) is 1.80. The van der Waals surface area contributed by atoms with E-state index in [-0.39, 0.29) is 5.91 Å². The van der Waals surface area contributed by atoms with Gasteiger partial charge in [-0.1, -0.05) is 18.2 Å². The Kier molecular flexibility index (Phi) is 3.99. The van der Waals surface area contributed by atoms with Crippen LogP contribution in [0.4, 0.5) is 0 Å². The monoisotopic (exact) mass is 242 g/mol. The molecule has 18 heavy (non-hydrogen) atoms. The van der Waals surface area contributed by atoms with E-state index >= 15 is 0 Å². The van der Waals surface area contributed by atoms with E-state index in [0.717, 1.165) is 6.42 Å². The highest BCUT2D eigenvalue weighted by Crippen LogP contribution is 2.23. The highest BCUT2D eigenvalue weighted by Gasteiger charge is 2.13. The Morgan fingerprint density at radius 1 is 1.39 bits per heavy atom. The Morgan fingerprint density at radius 2 is 2.17 bits per heavy atom. The van der Waals surface area contributed by atoms with Crippen LogP contribution in [-0.4, -0.2) is 17.9 Å². The van der Waals surface area contributed by atoms with Crippen molar-refractivity contribution in [3.8, 4) is 6.07 Å². The summed E-state index contributed by atoms with van der Waals surface area (Å²) in [6.45, 7) is 0.636. The number of rotatable bonds is 4. The van der Waals surface area contributed by atoms with E-state index in [1.54, 1.807) is 11.9 Å². The molecule has 0 bridgehead atoms. The second kappa shape index (κ2) is 5.68. The highest BCUT2D eigenvalue weighted by molar-refractivity contribution is 5.76. The van der Waals surface area contributed by atoms with Gasteiger partial charge in [-0.05, 0) is 36.0 Å². The minimum absolute atomic E-state index is 0.0389. The van der Waals surface area contributed by atoms with Gasteiger partial charge in [-0.2, -0.15) is 5.26 Å². The van der Waals surface area contributed by atoms with Crippen molar-refractivity contribution in [1.82, 2.24) is 4.90 Å². The third-order valence-corrected chi connectivity index (χ3v) is 3.46. The predicted octanol–water partition coefficient (Wildman–Crippen LogP) is 2.44. The number of fused-ring (bicyclic) bond motifs is 1. The smallest absolute Gasteiger partial charge is 0.223 e. The molecule has 1 aliphatic rings. The van der Waals surface area contributed by atoms with Crippen molar-refractivity contribution < 1.29 is 4.79 Å². The van der Waals surface area contributed by atoms with Gasteiger partial charge in [0.15, 0.2) is 0 Å². The Balaban J connectivity index is 1.97. The summed E-state index contributed by atoms with van der Waals surface area (Å²) >= 11 is 0. The van der Waals surface area contributed by atoms with Crippen molar-refractivity contribution in [3.05, 3.63) is 34.9 Å². The minimum Gasteiger partial charge on any atom is -0.341 e. The lowest BCUT2D eigenvalue weighted by molar-refractivity contribution is -0.130. The van der Waals surface area contributed by atoms with Crippen LogP contribution >= 0.6 is 0 Å². The van der Waals surface area contributed by atoms with E-state index < -0.39 is 0 Å². The average Bonchev–Trinajstić information content (AvgIpc) is 2.83. The average molecular weight is 242 g/mol. The molecule has 0 saturated carbocycles. The van der Waals surface area contributed by atoms with E-state index in [2.05, 4.69) is 18.2 Å². The van der Waals surface area contributed by atoms with Gasteiger partial charge in [-0.15, -0.1) is 0 Å². The number of amides is 1. The van der Waals surface area contributed by atoms with Gasteiger partial charge >= 0.3 is 0 Å². The Labute approximate surface area is 108 Å². The second-order valence-electron chi connectivity index (χ2n) is 4.86. The lowest BCUT2D eigenvalue weighted by Crippen LogP contribution is -2.25. The summed E-state index contributed by atoms with van der Waals surface area (Å²) < 4.78 is 0. The number of aryl methyl sites for hydroxylation is 2. The van der Waals surface area contributed by atoms with Crippen molar-refractivity contribution in [1.29, 1.82) is 5.26 Å². The van der Waals surface area contributed by atoms with Crippen molar-refractivity contribution in [2.75, 3.05) is 7.05 Å². The van der Waals surface area contributed by atoms with Crippen molar-refractivity contribution in [3.63, 3.8) is 0 Å². The molecule has 2 rings (SSSR count). The predicted molar refractivity (Wildman–Crippen MR) is 69.8 cm³/mol. The normalized spacial score (nSPS) is 12.9. The van der Waals surface area contributed by atoms with Gasteiger partial charge in [0.1, 0.15) is 0 Å². The zero-order chi connectivity index (χ0) is 13.0. The van der Waals surface area contributed by atoms with Crippen LogP contribution in [0.3, 0.4) is 0 Å². The lowest BCUT2D eigenvalue weighted by atomic mass is 10.1. The molecule has 0 spiro atoms. The number of benzene rings is 1. The van der Waals surface area contributed by atoms with Crippen LogP contribution in [0.5, 0.6) is 0 Å². The molecule has 0 saturated heterocycles. The maximum atomic E-state index is 11.7. The minimum atomic E-state index is 0.0389. The molecular weight excluding hydrogens is 224 g/mol. The van der Waals surface area contributed by atoms with Crippen molar-refractivity contribution >= 4 is 5.91 Å². The van der Waals surface area contributed by atoms with Crippen LogP contribution in [0.25, 0.3) is 0 Å². The molecular formula is C15H18N2O. The summed E-state index contributed by atoms with van der Waals surface area (Å²) in [6.07, 6.45) is 4.21. The number of carbonyl (C=O) groups excluding carboxylic acids is 1. The second-order valence-corrected chi connectivity index (χ2v) is 4.86. The van der Waals surface area contributed by atoms with E-state index in [9.17, 15) is 4.79 Å². The number of nitrogens with zero attached hydrogens (tertiary/aromatic N) is 2. The number of carbonyl (C=O) groups is 1. The fraction of sp³-hybridized carbons (Fsp3) is 0.467. The summed E-state index contributed by atoms with van der Waals surface area (Å²) in [5.41, 5.74) is 4.08. The lowest BCUT2D eigenvalue weighted by Gasteiger charge is -2.17. The molecule has 1 aliphatic carbocycles. The van der Waals surface area contributed by atoms with Crippen LogP contribution in [0.1, 0.15) is 36.0 Å². The number of nitriles is 1. The molecule has 0 aromatic heterocycles. The molecule has 0 fully saturated rings. The van der Waals surface area contributed by atoms with Crippen LogP contribution in [0, 0.1) is 11.3 Å². The Hall–Kier alpha value is -1.82. The summed E-state index contributed by atoms with van der Waals surface area (Å²) in [5, 5.41) is 8.47. The molecule has 3 heteroatoms. The van der Waals surface area contributed by atoms with Crippen LogP contribution in [0.2, 0.25) is 0 Å². The molecule has 1 aromatic rings. The fourth-order valence-corrected chi connectivity index (χ4v) is 2.44. The standard InChI is InChI=1S/C15H18N2O/c1-17(15(18)6-3-9-16)11-12-7-8-13-4-2-5-14(13)10-12/h7-8,10H,2-6,11H2,1H3. The van der Waals surface area contributed by atoms with E-state index in [1.165, 1.54) is 29.5 Å². The first kappa shape index (κ1) is 12.6. The maximum Gasteiger partial charge on any atom is 0.223 e. The molecule has 94 valence electrons. The van der Waals surface area contributed by atoms with Gasteiger partial charge in [0, 0.05) is 26.4 Å². The highest BCUT2D eigenvalue weighted by atomic mass is 16.2. The zero-order valence-corrected chi connectivity index (χ0v) is 10.8. The van der Waals surface area contributed by atoms with Crippen molar-refractivity contribution in [2.24, 2.45) is 0 Å². The molecule has 0 radical (unpaired) electrons. The first-order valence-electron chi connectivity index (χ1n) is 6.42. The third kappa shape index (κ3) is 2.89. The third-order valence-electron chi connectivity index (χ3n) is 3.46. The van der Waals surface area contributed by atoms with Gasteiger partial charge in [-0.25, -0.2) is 0 Å². The Bertz CT molecular complexity index is 488. The van der Waals surface area contributed by atoms with E-state index in [0.29, 0.717) is 19.4 Å². The van der Waals surface area contributed by atoms with Crippen LogP contribution in [0.15, 0.2) is 18.2 Å². The maximum absolute atomic E-state index is 11.7. The van der Waals surface area contributed by atoms with E-state index in [4.69, 9.17) is 5.26 Å². The first-order chi connectivity index (χ1) is 8.70. The SMILES string of the molecule is CN(Cc1ccc2c(c1)CCC2)C(=O)CCC#N. The molecule has 3 nitrogen and oxygen atoms in total. The summed E-state index contributed by atoms with van der Waals surface area (Å²) in [5.74, 6) is 0.0389. The number of hydrogen-bond donors (Lipinski definition) is 0. The number of hydrogen-bond acceptors (Lipinski definition) is 2. The van der Waals surface area contributed by atoms with Gasteiger partial charge < -0.3 is 4.90 Å². The van der Waals surface area contributed by atoms with Gasteiger partial charge in [0.25, 0.3) is 0 Å². The summed E-state index contributed by atoms with van der Waals surface area (Å²) in [4.78, 5) is 13.4. The van der Waals surface area contributed by atoms with Gasteiger partial charge in [-0.3, -0.25) is 4.79 Å². The van der Waals surface area contributed by atoms with Gasteiger partial charge in [0.2, 0.25) is 5.91 Å². The molecule has 0 aliphatic heterocycles. The molecule has 1 aromatic carbocycles. The molecule has 0 N–H and O–H groups in total. The molecule has 0 atom stereocenters. The summed E-state index contributed by atoms with van der Waals surface area (Å²) in [6, 6.07) is 8.52. The molecule has 0 unspecified atom stereocenters.